The van der Waals surface area contributed by atoms with Crippen molar-refractivity contribution >= 4 is 38.5 Å². The molecular formula is C39H41ClF2N6O6S2. The van der Waals surface area contributed by atoms with Crippen LogP contribution in [0.4, 0.5) is 13.6 Å². The van der Waals surface area contributed by atoms with Gasteiger partial charge >= 0.3 is 6.09 Å². The molecule has 0 unspecified atom stereocenters. The van der Waals surface area contributed by atoms with Crippen LogP contribution in [0, 0.1) is 11.6 Å². The van der Waals surface area contributed by atoms with Crippen LogP contribution in [-0.4, -0.2) is 65.4 Å². The molecule has 4 aromatic heterocycles. The number of nitrogens with zero attached hydrogens (tertiary/aromatic N) is 5. The second-order valence-electron chi connectivity index (χ2n) is 13.3. The normalized spacial score (nSPS) is 11.6. The topological polar surface area (TPSA) is 145 Å². The molecule has 4 heterocycles. The van der Waals surface area contributed by atoms with Crippen molar-refractivity contribution in [3.8, 4) is 22.5 Å². The predicted octanol–water partition coefficient (Wildman–Crippen LogP) is 7.36. The van der Waals surface area contributed by atoms with Gasteiger partial charge in [-0.1, -0.05) is 24.3 Å². The number of carbonyl (C=O) groups is 1. The lowest BCUT2D eigenvalue weighted by Gasteiger charge is -2.24. The summed E-state index contributed by atoms with van der Waals surface area (Å²) in [7, 11) is -4.49. The van der Waals surface area contributed by atoms with Crippen LogP contribution in [0.1, 0.15) is 31.9 Å². The highest BCUT2D eigenvalue weighted by Gasteiger charge is 2.25. The molecule has 12 nitrogen and oxygen atoms in total. The van der Waals surface area contributed by atoms with Gasteiger partial charge in [0, 0.05) is 61.9 Å². The van der Waals surface area contributed by atoms with E-state index in [1.807, 2.05) is 0 Å². The molecular weight excluding hydrogens is 786 g/mol. The van der Waals surface area contributed by atoms with E-state index in [0.29, 0.717) is 28.9 Å². The number of nitrogens with one attached hydrogen (secondary N) is 1. The molecule has 17 heteroatoms. The van der Waals surface area contributed by atoms with Crippen molar-refractivity contribution in [1.82, 2.24) is 28.1 Å². The van der Waals surface area contributed by atoms with Gasteiger partial charge in [0.2, 0.25) is 0 Å². The lowest BCUT2D eigenvalue weighted by Crippen LogP contribution is -2.33. The zero-order valence-electron chi connectivity index (χ0n) is 31.1. The second kappa shape index (κ2) is 18.0. The summed E-state index contributed by atoms with van der Waals surface area (Å²) in [6, 6.07) is 20.9. The molecule has 1 amide bonds. The maximum Gasteiger partial charge on any atom is 0.410 e. The van der Waals surface area contributed by atoms with Crippen LogP contribution < -0.4 is 5.32 Å². The molecule has 0 atom stereocenters. The molecule has 0 radical (unpaired) electrons. The molecule has 296 valence electrons. The van der Waals surface area contributed by atoms with E-state index in [9.17, 15) is 30.4 Å². The molecule has 56 heavy (non-hydrogen) atoms. The van der Waals surface area contributed by atoms with Gasteiger partial charge in [-0.05, 0) is 99.6 Å². The monoisotopic (exact) mass is 826 g/mol. The highest BCUT2D eigenvalue weighted by atomic mass is 35.5. The number of hydrogen-bond donors (Lipinski definition) is 1. The van der Waals surface area contributed by atoms with E-state index in [2.05, 4.69) is 15.3 Å². The SMILES string of the molecule is CN(Cc1cc(-c2cccc(F)c2)n(S(=O)(=O)c2cccnc2)c1)C(=O)OC(C)(C)C.CNCc1cc(-c2cccc(F)c2)n(S(=O)(=O)c2cccnc2)c1.Cl. The van der Waals surface area contributed by atoms with E-state index >= 15 is 0 Å². The van der Waals surface area contributed by atoms with Gasteiger partial charge in [0.1, 0.15) is 27.0 Å². The Morgan fingerprint density at radius 2 is 1.21 bits per heavy atom. The summed E-state index contributed by atoms with van der Waals surface area (Å²) in [5.41, 5.74) is 2.22. The van der Waals surface area contributed by atoms with E-state index in [0.717, 1.165) is 9.54 Å². The summed E-state index contributed by atoms with van der Waals surface area (Å²) in [5.74, 6) is -0.911. The van der Waals surface area contributed by atoms with Crippen LogP contribution in [0.3, 0.4) is 0 Å². The van der Waals surface area contributed by atoms with E-state index in [1.165, 1.54) is 88.4 Å². The van der Waals surface area contributed by atoms with E-state index in [1.54, 1.807) is 77.5 Å². The van der Waals surface area contributed by atoms with Crippen LogP contribution in [0.2, 0.25) is 0 Å². The van der Waals surface area contributed by atoms with Gasteiger partial charge in [-0.15, -0.1) is 12.4 Å². The molecule has 0 bridgehead atoms. The number of pyridine rings is 2. The third-order valence-electron chi connectivity index (χ3n) is 7.81. The largest absolute Gasteiger partial charge is 0.444 e. The quantitative estimate of drug-likeness (QED) is 0.150. The average molecular weight is 827 g/mol. The lowest BCUT2D eigenvalue weighted by atomic mass is 10.1. The van der Waals surface area contributed by atoms with Gasteiger partial charge in [-0.3, -0.25) is 9.97 Å². The van der Waals surface area contributed by atoms with Crippen LogP contribution in [0.25, 0.3) is 22.5 Å². The van der Waals surface area contributed by atoms with Gasteiger partial charge < -0.3 is 15.0 Å². The molecule has 6 rings (SSSR count). The Morgan fingerprint density at radius 3 is 1.62 bits per heavy atom. The number of rotatable bonds is 10. The molecule has 0 aliphatic carbocycles. The number of aromatic nitrogens is 4. The molecule has 1 N–H and O–H groups in total. The first-order chi connectivity index (χ1) is 26.0. The van der Waals surface area contributed by atoms with Gasteiger partial charge in [0.15, 0.2) is 0 Å². The third-order valence-corrected chi connectivity index (χ3v) is 11.1. The Balaban J connectivity index is 0.000000252. The van der Waals surface area contributed by atoms with Gasteiger partial charge in [0.05, 0.1) is 17.9 Å². The summed E-state index contributed by atoms with van der Waals surface area (Å²) in [5, 5.41) is 2.98. The van der Waals surface area contributed by atoms with Crippen molar-refractivity contribution in [2.24, 2.45) is 0 Å². The number of ether oxygens (including phenoxy) is 1. The number of carbonyl (C=O) groups excluding carboxylic acids is 1. The Bertz CT molecular complexity index is 2490. The van der Waals surface area contributed by atoms with Crippen LogP contribution >= 0.6 is 12.4 Å². The molecule has 0 saturated heterocycles. The van der Waals surface area contributed by atoms with Crippen LogP contribution in [0.15, 0.2) is 132 Å². The third kappa shape index (κ3) is 10.5. The Kier molecular flexibility index (Phi) is 13.9. The van der Waals surface area contributed by atoms with E-state index in [-0.39, 0.29) is 34.4 Å². The minimum atomic E-state index is -4.00. The number of halogens is 3. The first-order valence-corrected chi connectivity index (χ1v) is 19.7. The Morgan fingerprint density at radius 1 is 0.750 bits per heavy atom. The summed E-state index contributed by atoms with van der Waals surface area (Å²) in [6.45, 7) is 5.89. The van der Waals surface area contributed by atoms with Crippen LogP contribution in [-0.2, 0) is 37.9 Å². The van der Waals surface area contributed by atoms with E-state index in [4.69, 9.17) is 4.74 Å². The standard InChI is InChI=1S/C22H24FN3O4S.C17H16FN3O2S.ClH/c1-22(2,3)30-21(27)25(4)14-16-11-20(17-7-5-8-18(23)12-17)26(15-16)31(28,29)19-9-6-10-24-13-19;1-19-10-13-8-17(14-4-2-5-15(18)9-14)21(12-13)24(22,23)16-6-3-7-20-11-16;/h5-13,15H,14H2,1-4H3;2-9,11-12,19H,10H2,1H3;1H. The summed E-state index contributed by atoms with van der Waals surface area (Å²) >= 11 is 0. The van der Waals surface area contributed by atoms with Crippen molar-refractivity contribution in [2.45, 2.75) is 49.3 Å². The average Bonchev–Trinajstić information content (AvgIpc) is 3.78. The molecule has 0 aliphatic rings. The molecule has 0 aliphatic heterocycles. The summed E-state index contributed by atoms with van der Waals surface area (Å²) < 4.78 is 87.4. The first kappa shape index (κ1) is 43.3. The Hall–Kier alpha value is -5.42. The first-order valence-electron chi connectivity index (χ1n) is 16.8. The molecule has 0 spiro atoms. The maximum atomic E-state index is 13.8. The maximum absolute atomic E-state index is 13.8. The second-order valence-corrected chi connectivity index (χ2v) is 17.0. The van der Waals surface area contributed by atoms with Gasteiger partial charge in [0.25, 0.3) is 20.0 Å². The fraction of sp³-hybridized carbons (Fsp3) is 0.205. The van der Waals surface area contributed by atoms with Crippen molar-refractivity contribution < 1.29 is 35.1 Å². The summed E-state index contributed by atoms with van der Waals surface area (Å²) in [6.07, 6.45) is 7.95. The highest BCUT2D eigenvalue weighted by molar-refractivity contribution is 7.90. The number of amides is 1. The van der Waals surface area contributed by atoms with Crippen molar-refractivity contribution in [3.05, 3.63) is 145 Å². The summed E-state index contributed by atoms with van der Waals surface area (Å²) in [4.78, 5) is 21.5. The molecule has 0 saturated carbocycles. The molecule has 0 fully saturated rings. The fourth-order valence-electron chi connectivity index (χ4n) is 5.40. The molecule has 2 aromatic carbocycles. The zero-order chi connectivity index (χ0) is 40.0. The van der Waals surface area contributed by atoms with Crippen molar-refractivity contribution in [3.63, 3.8) is 0 Å². The Labute approximate surface area is 331 Å². The minimum Gasteiger partial charge on any atom is -0.444 e. The molecule has 6 aromatic rings. The van der Waals surface area contributed by atoms with Gasteiger partial charge in [-0.2, -0.15) is 0 Å². The smallest absolute Gasteiger partial charge is 0.410 e. The van der Waals surface area contributed by atoms with Crippen molar-refractivity contribution in [2.75, 3.05) is 14.1 Å². The fourth-order valence-corrected chi connectivity index (χ4v) is 8.13. The van der Waals surface area contributed by atoms with Gasteiger partial charge in [-0.25, -0.2) is 38.4 Å². The number of benzene rings is 2. The lowest BCUT2D eigenvalue weighted by molar-refractivity contribution is 0.0285. The highest BCUT2D eigenvalue weighted by Crippen LogP contribution is 2.29. The predicted molar refractivity (Wildman–Crippen MR) is 211 cm³/mol. The number of hydrogen-bond acceptors (Lipinski definition) is 9. The van der Waals surface area contributed by atoms with Crippen LogP contribution in [0.5, 0.6) is 0 Å². The van der Waals surface area contributed by atoms with Crippen molar-refractivity contribution in [1.29, 1.82) is 0 Å². The minimum absolute atomic E-state index is 0. The van der Waals surface area contributed by atoms with E-state index < -0.39 is 43.4 Å². The zero-order valence-corrected chi connectivity index (χ0v) is 33.6.